The fourth-order valence-electron chi connectivity index (χ4n) is 1.85. The fraction of sp³-hybridized carbons (Fsp3) is 0.0625. The fourth-order valence-corrected chi connectivity index (χ4v) is 3.20. The van der Waals surface area contributed by atoms with Crippen LogP contribution in [0.15, 0.2) is 53.4 Å². The summed E-state index contributed by atoms with van der Waals surface area (Å²) in [5.41, 5.74) is 0.661. The summed E-state index contributed by atoms with van der Waals surface area (Å²) in [4.78, 5) is 16.5. The van der Waals surface area contributed by atoms with Crippen LogP contribution in [-0.2, 0) is 4.79 Å². The molecule has 122 valence electrons. The van der Waals surface area contributed by atoms with Gasteiger partial charge >= 0.3 is 0 Å². The van der Waals surface area contributed by atoms with Crippen molar-refractivity contribution in [2.24, 2.45) is 0 Å². The Morgan fingerprint density at radius 2 is 1.88 bits per heavy atom. The molecular formula is C16H11F2N3OS2. The monoisotopic (exact) mass is 363 g/mol. The Labute approximate surface area is 145 Å². The first kappa shape index (κ1) is 16.5. The number of amides is 1. The third kappa shape index (κ3) is 4.15. The predicted molar refractivity (Wildman–Crippen MR) is 91.1 cm³/mol. The van der Waals surface area contributed by atoms with Crippen molar-refractivity contribution in [2.75, 3.05) is 11.1 Å². The van der Waals surface area contributed by atoms with E-state index in [-0.39, 0.29) is 23.3 Å². The van der Waals surface area contributed by atoms with Gasteiger partial charge in [-0.25, -0.2) is 8.78 Å². The van der Waals surface area contributed by atoms with Gasteiger partial charge in [0.2, 0.25) is 11.0 Å². The highest BCUT2D eigenvalue weighted by atomic mass is 32.2. The van der Waals surface area contributed by atoms with E-state index in [9.17, 15) is 13.6 Å². The number of rotatable bonds is 5. The van der Waals surface area contributed by atoms with Gasteiger partial charge in [-0.1, -0.05) is 12.1 Å². The summed E-state index contributed by atoms with van der Waals surface area (Å²) in [7, 11) is 0. The van der Waals surface area contributed by atoms with Crippen molar-refractivity contribution in [1.29, 1.82) is 0 Å². The molecule has 0 spiro atoms. The Morgan fingerprint density at radius 1 is 1.12 bits per heavy atom. The molecule has 3 rings (SSSR count). The van der Waals surface area contributed by atoms with Crippen LogP contribution in [0.1, 0.15) is 0 Å². The van der Waals surface area contributed by atoms with Crippen LogP contribution < -0.4 is 5.32 Å². The van der Waals surface area contributed by atoms with E-state index in [1.54, 1.807) is 30.3 Å². The molecule has 24 heavy (non-hydrogen) atoms. The molecule has 0 unspecified atom stereocenters. The molecule has 0 radical (unpaired) electrons. The summed E-state index contributed by atoms with van der Waals surface area (Å²) in [5.74, 6) is -0.522. The second-order valence-electron chi connectivity index (χ2n) is 4.70. The van der Waals surface area contributed by atoms with Gasteiger partial charge in [0.15, 0.2) is 5.82 Å². The first-order valence-electron chi connectivity index (χ1n) is 6.88. The average Bonchev–Trinajstić information content (AvgIpc) is 3.03. The zero-order chi connectivity index (χ0) is 16.9. The lowest BCUT2D eigenvalue weighted by molar-refractivity contribution is -0.113. The molecule has 4 nitrogen and oxygen atoms in total. The maximum Gasteiger partial charge on any atom is 0.236 e. The zero-order valence-corrected chi connectivity index (χ0v) is 13.8. The minimum absolute atomic E-state index is 0.0619. The highest BCUT2D eigenvalue weighted by Crippen LogP contribution is 2.23. The van der Waals surface area contributed by atoms with Crippen molar-refractivity contribution in [3.05, 3.63) is 60.2 Å². The van der Waals surface area contributed by atoms with Crippen molar-refractivity contribution in [3.8, 4) is 11.4 Å². The van der Waals surface area contributed by atoms with Gasteiger partial charge in [-0.2, -0.15) is 9.36 Å². The van der Waals surface area contributed by atoms with Crippen LogP contribution >= 0.6 is 23.3 Å². The number of halogens is 2. The second-order valence-corrected chi connectivity index (χ2v) is 6.47. The minimum atomic E-state index is -0.357. The molecule has 0 aliphatic rings. The van der Waals surface area contributed by atoms with Crippen LogP contribution in [0.3, 0.4) is 0 Å². The number of thioether (sulfide) groups is 1. The standard InChI is InChI=1S/C16H11F2N3OS2/c17-11-7-5-10(6-8-11)15-20-16(24-21-15)19-14(22)9-23-13-4-2-1-3-12(13)18/h1-8H,9H2,(H,19,20,21,22). The number of carbonyl (C=O) groups is 1. The van der Waals surface area contributed by atoms with E-state index in [2.05, 4.69) is 14.7 Å². The van der Waals surface area contributed by atoms with E-state index in [4.69, 9.17) is 0 Å². The van der Waals surface area contributed by atoms with Gasteiger partial charge in [0.25, 0.3) is 0 Å². The first-order chi connectivity index (χ1) is 11.6. The SMILES string of the molecule is O=C(CSc1ccccc1F)Nc1nc(-c2ccc(F)cc2)ns1. The predicted octanol–water partition coefficient (Wildman–Crippen LogP) is 4.21. The van der Waals surface area contributed by atoms with Crippen molar-refractivity contribution in [1.82, 2.24) is 9.36 Å². The van der Waals surface area contributed by atoms with Crippen LogP contribution in [0.2, 0.25) is 0 Å². The quantitative estimate of drug-likeness (QED) is 0.690. The van der Waals surface area contributed by atoms with Gasteiger partial charge in [0.1, 0.15) is 11.6 Å². The summed E-state index contributed by atoms with van der Waals surface area (Å²) in [6.45, 7) is 0. The highest BCUT2D eigenvalue weighted by molar-refractivity contribution is 8.00. The molecule has 2 aromatic carbocycles. The summed E-state index contributed by atoms with van der Waals surface area (Å²) in [6, 6.07) is 12.0. The van der Waals surface area contributed by atoms with Gasteiger partial charge in [-0.05, 0) is 36.4 Å². The number of nitrogens with one attached hydrogen (secondary N) is 1. The molecule has 0 aliphatic heterocycles. The molecule has 0 bridgehead atoms. The maximum absolute atomic E-state index is 13.5. The van der Waals surface area contributed by atoms with E-state index >= 15 is 0 Å². The lowest BCUT2D eigenvalue weighted by atomic mass is 10.2. The molecule has 1 amide bonds. The van der Waals surface area contributed by atoms with Gasteiger partial charge in [0, 0.05) is 22.0 Å². The normalized spacial score (nSPS) is 10.6. The van der Waals surface area contributed by atoms with Gasteiger partial charge in [-0.3, -0.25) is 10.1 Å². The molecule has 0 fully saturated rings. The van der Waals surface area contributed by atoms with Crippen LogP contribution in [-0.4, -0.2) is 21.0 Å². The number of benzene rings is 2. The second kappa shape index (κ2) is 7.50. The average molecular weight is 363 g/mol. The van der Waals surface area contributed by atoms with Gasteiger partial charge < -0.3 is 0 Å². The Bertz CT molecular complexity index is 853. The zero-order valence-electron chi connectivity index (χ0n) is 12.2. The molecule has 8 heteroatoms. The topological polar surface area (TPSA) is 54.9 Å². The van der Waals surface area contributed by atoms with E-state index in [1.807, 2.05) is 0 Å². The lowest BCUT2D eigenvalue weighted by Crippen LogP contribution is -2.13. The van der Waals surface area contributed by atoms with Crippen molar-refractivity contribution in [3.63, 3.8) is 0 Å². The van der Waals surface area contributed by atoms with Crippen molar-refractivity contribution < 1.29 is 13.6 Å². The minimum Gasteiger partial charge on any atom is -0.300 e. The number of carbonyl (C=O) groups excluding carboxylic acids is 1. The number of hydrogen-bond acceptors (Lipinski definition) is 5. The molecular weight excluding hydrogens is 352 g/mol. The molecule has 0 atom stereocenters. The molecule has 0 saturated carbocycles. The Morgan fingerprint density at radius 3 is 2.62 bits per heavy atom. The van der Waals surface area contributed by atoms with Gasteiger partial charge in [-0.15, -0.1) is 11.8 Å². The maximum atomic E-state index is 13.5. The molecule has 1 heterocycles. The highest BCUT2D eigenvalue weighted by Gasteiger charge is 2.11. The van der Waals surface area contributed by atoms with E-state index in [0.29, 0.717) is 21.4 Å². The van der Waals surface area contributed by atoms with E-state index in [1.165, 1.54) is 18.2 Å². The van der Waals surface area contributed by atoms with E-state index in [0.717, 1.165) is 23.3 Å². The Balaban J connectivity index is 1.59. The third-order valence-electron chi connectivity index (χ3n) is 2.97. The Kier molecular flexibility index (Phi) is 5.17. The molecule has 1 N–H and O–H groups in total. The number of anilines is 1. The summed E-state index contributed by atoms with van der Waals surface area (Å²) < 4.78 is 30.5. The van der Waals surface area contributed by atoms with Crippen LogP contribution in [0.5, 0.6) is 0 Å². The van der Waals surface area contributed by atoms with Crippen LogP contribution in [0.4, 0.5) is 13.9 Å². The van der Waals surface area contributed by atoms with Gasteiger partial charge in [0.05, 0.1) is 5.75 Å². The third-order valence-corrected chi connectivity index (χ3v) is 4.65. The Hall–Kier alpha value is -2.32. The first-order valence-corrected chi connectivity index (χ1v) is 8.64. The smallest absolute Gasteiger partial charge is 0.236 e. The molecule has 3 aromatic rings. The van der Waals surface area contributed by atoms with Crippen LogP contribution in [0, 0.1) is 11.6 Å². The molecule has 0 saturated heterocycles. The van der Waals surface area contributed by atoms with E-state index < -0.39 is 0 Å². The number of aromatic nitrogens is 2. The molecule has 0 aliphatic carbocycles. The summed E-state index contributed by atoms with van der Waals surface area (Å²) in [5, 5.41) is 2.96. The van der Waals surface area contributed by atoms with Crippen molar-refractivity contribution in [2.45, 2.75) is 4.90 Å². The summed E-state index contributed by atoms with van der Waals surface area (Å²) in [6.07, 6.45) is 0. The largest absolute Gasteiger partial charge is 0.300 e. The number of nitrogens with zero attached hydrogens (tertiary/aromatic N) is 2. The number of hydrogen-bond donors (Lipinski definition) is 1. The van der Waals surface area contributed by atoms with Crippen molar-refractivity contribution >= 4 is 34.3 Å². The van der Waals surface area contributed by atoms with Crippen LogP contribution in [0.25, 0.3) is 11.4 Å². The summed E-state index contributed by atoms with van der Waals surface area (Å²) >= 11 is 2.14. The lowest BCUT2D eigenvalue weighted by Gasteiger charge is -2.02. The molecule has 1 aromatic heterocycles.